The fraction of sp³-hybridized carbons (Fsp3) is 0.130. The first-order valence-electron chi connectivity index (χ1n) is 9.93. The van der Waals surface area contributed by atoms with Gasteiger partial charge in [0.25, 0.3) is 17.1 Å². The van der Waals surface area contributed by atoms with Crippen LogP contribution in [0.3, 0.4) is 0 Å². The topological polar surface area (TPSA) is 84.3 Å². The molecule has 33 heavy (non-hydrogen) atoms. The zero-order chi connectivity index (χ0) is 23.5. The summed E-state index contributed by atoms with van der Waals surface area (Å²) in [6, 6.07) is 11.3. The Morgan fingerprint density at radius 2 is 1.70 bits per heavy atom. The highest BCUT2D eigenvalue weighted by molar-refractivity contribution is 8.18. The Labute approximate surface area is 192 Å². The van der Waals surface area contributed by atoms with Gasteiger partial charge in [0, 0.05) is 13.1 Å². The van der Waals surface area contributed by atoms with Gasteiger partial charge in [-0.3, -0.25) is 19.3 Å². The van der Waals surface area contributed by atoms with Crippen molar-refractivity contribution in [3.05, 3.63) is 88.1 Å². The Balaban J connectivity index is 1.37. The molecule has 7 nitrogen and oxygen atoms in total. The van der Waals surface area contributed by atoms with E-state index >= 15 is 0 Å². The summed E-state index contributed by atoms with van der Waals surface area (Å²) in [5, 5.41) is 6.42. The smallest absolute Gasteiger partial charge is 0.293 e. The number of rotatable bonds is 6. The normalized spacial score (nSPS) is 14.9. The largest absolute Gasteiger partial charge is 0.350 e. The molecule has 0 radical (unpaired) electrons. The number of hydrogen-bond donors (Lipinski definition) is 1. The van der Waals surface area contributed by atoms with Gasteiger partial charge in [0.1, 0.15) is 11.6 Å². The van der Waals surface area contributed by atoms with E-state index in [1.165, 1.54) is 53.4 Å². The van der Waals surface area contributed by atoms with Crippen LogP contribution in [-0.4, -0.2) is 44.8 Å². The highest BCUT2D eigenvalue weighted by atomic mass is 32.2. The second kappa shape index (κ2) is 9.37. The predicted molar refractivity (Wildman–Crippen MR) is 120 cm³/mol. The molecule has 1 aliphatic heterocycles. The van der Waals surface area contributed by atoms with E-state index in [2.05, 4.69) is 10.4 Å². The van der Waals surface area contributed by atoms with Crippen LogP contribution in [0.2, 0.25) is 0 Å². The molecule has 1 aromatic heterocycles. The molecule has 2 heterocycles. The van der Waals surface area contributed by atoms with E-state index < -0.39 is 22.9 Å². The van der Waals surface area contributed by atoms with E-state index in [4.69, 9.17) is 0 Å². The number of halogens is 2. The first kappa shape index (κ1) is 22.4. The lowest BCUT2D eigenvalue weighted by Gasteiger charge is -2.13. The summed E-state index contributed by atoms with van der Waals surface area (Å²) in [6.45, 7) is 1.77. The van der Waals surface area contributed by atoms with Crippen LogP contribution in [0.15, 0.2) is 59.6 Å². The minimum Gasteiger partial charge on any atom is -0.350 e. The maximum absolute atomic E-state index is 13.1. The second-order valence-corrected chi connectivity index (χ2v) is 8.17. The van der Waals surface area contributed by atoms with Crippen LogP contribution in [0.4, 0.5) is 13.6 Å². The zero-order valence-corrected chi connectivity index (χ0v) is 18.2. The summed E-state index contributed by atoms with van der Waals surface area (Å²) < 4.78 is 27.7. The fourth-order valence-corrected chi connectivity index (χ4v) is 4.12. The summed E-state index contributed by atoms with van der Waals surface area (Å²) in [7, 11) is 0. The van der Waals surface area contributed by atoms with E-state index in [1.54, 1.807) is 19.1 Å². The number of nitrogens with one attached hydrogen (secondary N) is 1. The van der Waals surface area contributed by atoms with Crippen LogP contribution < -0.4 is 5.32 Å². The quantitative estimate of drug-likeness (QED) is 0.555. The molecule has 0 aliphatic carbocycles. The molecule has 4 rings (SSSR count). The summed E-state index contributed by atoms with van der Waals surface area (Å²) >= 11 is 0.792. The van der Waals surface area contributed by atoms with Gasteiger partial charge in [0.05, 0.1) is 28.0 Å². The molecule has 168 valence electrons. The van der Waals surface area contributed by atoms with Crippen molar-refractivity contribution >= 4 is 34.9 Å². The highest BCUT2D eigenvalue weighted by Crippen LogP contribution is 2.31. The van der Waals surface area contributed by atoms with Crippen LogP contribution in [-0.2, 0) is 4.79 Å². The number of amides is 3. The number of carbonyl (C=O) groups excluding carboxylic acids is 3. The number of carbonyl (C=O) groups is 3. The van der Waals surface area contributed by atoms with Crippen molar-refractivity contribution in [1.82, 2.24) is 20.0 Å². The molecule has 3 amide bonds. The van der Waals surface area contributed by atoms with Gasteiger partial charge in [-0.1, -0.05) is 12.1 Å². The summed E-state index contributed by atoms with van der Waals surface area (Å²) in [5.41, 5.74) is 2.10. The monoisotopic (exact) mass is 468 g/mol. The van der Waals surface area contributed by atoms with Crippen molar-refractivity contribution < 1.29 is 23.2 Å². The summed E-state index contributed by atoms with van der Waals surface area (Å²) in [6.07, 6.45) is 2.93. The Morgan fingerprint density at radius 1 is 1.06 bits per heavy atom. The van der Waals surface area contributed by atoms with Gasteiger partial charge < -0.3 is 5.32 Å². The van der Waals surface area contributed by atoms with Gasteiger partial charge in [-0.25, -0.2) is 13.5 Å². The average Bonchev–Trinajstić information content (AvgIpc) is 3.30. The van der Waals surface area contributed by atoms with Gasteiger partial charge in [0.15, 0.2) is 0 Å². The summed E-state index contributed by atoms with van der Waals surface area (Å²) in [5.74, 6) is -1.64. The minimum absolute atomic E-state index is 0.00229. The SMILES string of the molecule is Cc1c(C(=O)NCCN2C(=O)S/C(=C\c3ccc(F)cc3)C2=O)cnn1-c1ccc(F)cc1. The minimum atomic E-state index is -0.469. The lowest BCUT2D eigenvalue weighted by Crippen LogP contribution is -2.37. The molecule has 1 saturated heterocycles. The molecule has 0 spiro atoms. The van der Waals surface area contributed by atoms with Gasteiger partial charge in [0.2, 0.25) is 0 Å². The molecule has 1 aliphatic rings. The fourth-order valence-electron chi connectivity index (χ4n) is 3.25. The van der Waals surface area contributed by atoms with E-state index in [1.807, 2.05) is 0 Å². The molecule has 2 aromatic carbocycles. The van der Waals surface area contributed by atoms with Crippen LogP contribution in [0.25, 0.3) is 11.8 Å². The molecule has 10 heteroatoms. The highest BCUT2D eigenvalue weighted by Gasteiger charge is 2.34. The van der Waals surface area contributed by atoms with Gasteiger partial charge in [-0.2, -0.15) is 5.10 Å². The van der Waals surface area contributed by atoms with Crippen LogP contribution in [0.5, 0.6) is 0 Å². The van der Waals surface area contributed by atoms with Crippen molar-refractivity contribution in [3.8, 4) is 5.69 Å². The van der Waals surface area contributed by atoms with Crippen LogP contribution in [0.1, 0.15) is 21.6 Å². The van der Waals surface area contributed by atoms with E-state index in [-0.39, 0.29) is 23.8 Å². The molecule has 0 atom stereocenters. The molecule has 0 saturated carbocycles. The predicted octanol–water partition coefficient (Wildman–Crippen LogP) is 3.93. The molecule has 1 N–H and O–H groups in total. The van der Waals surface area contributed by atoms with Crippen molar-refractivity contribution in [2.45, 2.75) is 6.92 Å². The zero-order valence-electron chi connectivity index (χ0n) is 17.4. The third-order valence-corrected chi connectivity index (χ3v) is 5.90. The molecule has 1 fully saturated rings. The van der Waals surface area contributed by atoms with Gasteiger partial charge in [-0.15, -0.1) is 0 Å². The molecule has 0 bridgehead atoms. The summed E-state index contributed by atoms with van der Waals surface area (Å²) in [4.78, 5) is 38.7. The molecular formula is C23H18F2N4O3S. The number of aromatic nitrogens is 2. The maximum Gasteiger partial charge on any atom is 0.293 e. The second-order valence-electron chi connectivity index (χ2n) is 7.17. The Hall–Kier alpha value is -3.79. The van der Waals surface area contributed by atoms with Crippen LogP contribution >= 0.6 is 11.8 Å². The van der Waals surface area contributed by atoms with Crippen molar-refractivity contribution in [2.24, 2.45) is 0 Å². The average molecular weight is 468 g/mol. The van der Waals surface area contributed by atoms with Gasteiger partial charge in [-0.05, 0) is 66.7 Å². The third-order valence-electron chi connectivity index (χ3n) is 4.99. The number of thioether (sulfide) groups is 1. The molecule has 0 unspecified atom stereocenters. The third kappa shape index (κ3) is 4.85. The van der Waals surface area contributed by atoms with Crippen molar-refractivity contribution in [1.29, 1.82) is 0 Å². The Bertz CT molecular complexity index is 1250. The van der Waals surface area contributed by atoms with Gasteiger partial charge >= 0.3 is 0 Å². The lowest BCUT2D eigenvalue weighted by atomic mass is 10.2. The van der Waals surface area contributed by atoms with Crippen LogP contribution in [0, 0.1) is 18.6 Å². The van der Waals surface area contributed by atoms with E-state index in [9.17, 15) is 23.2 Å². The Kier molecular flexibility index (Phi) is 6.36. The maximum atomic E-state index is 13.1. The number of benzene rings is 2. The standard InChI is InChI=1S/C23H18F2N4O3S/c1-14-19(13-27-29(14)18-8-6-17(25)7-9-18)21(30)26-10-11-28-22(31)20(33-23(28)32)12-15-2-4-16(24)5-3-15/h2-9,12-13H,10-11H2,1H3,(H,26,30)/b20-12-. The first-order valence-corrected chi connectivity index (χ1v) is 10.7. The lowest BCUT2D eigenvalue weighted by molar-refractivity contribution is -0.122. The number of nitrogens with zero attached hydrogens (tertiary/aromatic N) is 3. The van der Waals surface area contributed by atoms with E-state index in [0.717, 1.165) is 16.7 Å². The van der Waals surface area contributed by atoms with E-state index in [0.29, 0.717) is 22.5 Å². The van der Waals surface area contributed by atoms with Crippen molar-refractivity contribution in [2.75, 3.05) is 13.1 Å². The number of hydrogen-bond acceptors (Lipinski definition) is 5. The van der Waals surface area contributed by atoms with Crippen molar-refractivity contribution in [3.63, 3.8) is 0 Å². The number of imide groups is 1. The first-order chi connectivity index (χ1) is 15.8. The Morgan fingerprint density at radius 3 is 2.36 bits per heavy atom. The molecule has 3 aromatic rings. The molecular weight excluding hydrogens is 450 g/mol.